The lowest BCUT2D eigenvalue weighted by molar-refractivity contribution is 0.0932. The van der Waals surface area contributed by atoms with Crippen molar-refractivity contribution in [3.05, 3.63) is 59.7 Å². The minimum absolute atomic E-state index is 0.116. The molecular formula is C26H28FN9O3. The lowest BCUT2D eigenvalue weighted by Gasteiger charge is -2.18. The normalized spacial score (nSPS) is 15.2. The highest BCUT2D eigenvalue weighted by Crippen LogP contribution is 2.35. The molecule has 0 fully saturated rings. The second kappa shape index (κ2) is 10.8. The zero-order valence-corrected chi connectivity index (χ0v) is 21.4. The van der Waals surface area contributed by atoms with Gasteiger partial charge in [0.25, 0.3) is 5.91 Å². The smallest absolute Gasteiger partial charge is 0.319 e. The lowest BCUT2D eigenvalue weighted by Crippen LogP contribution is -2.33. The van der Waals surface area contributed by atoms with Crippen LogP contribution in [0.2, 0.25) is 0 Å². The van der Waals surface area contributed by atoms with Crippen molar-refractivity contribution in [3.63, 3.8) is 0 Å². The fourth-order valence-electron chi connectivity index (χ4n) is 4.17. The molecule has 0 aliphatic carbocycles. The lowest BCUT2D eigenvalue weighted by atomic mass is 10.1. The molecule has 4 heterocycles. The third-order valence-electron chi connectivity index (χ3n) is 6.10. The Balaban J connectivity index is 1.57. The number of nitrogens with zero attached hydrogens (tertiary/aromatic N) is 4. The largest absolute Gasteiger partial charge is 0.473 e. The summed E-state index contributed by atoms with van der Waals surface area (Å²) in [5.74, 6) is -0.0928. The Morgan fingerprint density at radius 1 is 1.26 bits per heavy atom. The van der Waals surface area contributed by atoms with Gasteiger partial charge in [-0.05, 0) is 37.1 Å². The van der Waals surface area contributed by atoms with Crippen LogP contribution in [-0.2, 0) is 6.54 Å². The maximum atomic E-state index is 14.1. The van der Waals surface area contributed by atoms with E-state index in [4.69, 9.17) is 15.5 Å². The molecule has 39 heavy (non-hydrogen) atoms. The number of nitrogens with one attached hydrogen (secondary N) is 4. The molecule has 4 aromatic rings. The van der Waals surface area contributed by atoms with Crippen LogP contribution < -0.4 is 31.7 Å². The topological polar surface area (TPSA) is 161 Å². The molecule has 0 spiro atoms. The van der Waals surface area contributed by atoms with Gasteiger partial charge in [-0.2, -0.15) is 9.61 Å². The summed E-state index contributed by atoms with van der Waals surface area (Å²) in [6, 6.07) is 8.07. The van der Waals surface area contributed by atoms with Crippen LogP contribution in [0.15, 0.2) is 42.7 Å². The standard InChI is InChI=1S/C26H28FN9O3/c1-3-8-29-26(38)34-18-6-4-15(5-7-18)20-21(28)36-23-19(13-33-36)24(37)31-10-14(2)39-25-16(9-17(27)12-32-25)11-30-22(20)35-23/h4-7,9,12-14H,3,8,10-11,28H2,1-2H3,(H,30,35)(H,31,37)(H2,29,34,38). The molecular weight excluding hydrogens is 505 g/mol. The number of ether oxygens (including phenoxy) is 1. The van der Waals surface area contributed by atoms with Gasteiger partial charge < -0.3 is 31.7 Å². The maximum Gasteiger partial charge on any atom is 0.319 e. The van der Waals surface area contributed by atoms with Crippen molar-refractivity contribution in [1.29, 1.82) is 0 Å². The molecule has 6 N–H and O–H groups in total. The molecule has 1 aromatic carbocycles. The number of nitrogen functional groups attached to an aromatic ring is 1. The number of urea groups is 1. The predicted octanol–water partition coefficient (Wildman–Crippen LogP) is 3.17. The van der Waals surface area contributed by atoms with Gasteiger partial charge in [0.05, 0.1) is 24.5 Å². The summed E-state index contributed by atoms with van der Waals surface area (Å²) in [6.45, 7) is 4.61. The number of anilines is 3. The fraction of sp³-hybridized carbons (Fsp3) is 0.269. The van der Waals surface area contributed by atoms with E-state index in [1.807, 2.05) is 6.92 Å². The molecule has 3 amide bonds. The first-order chi connectivity index (χ1) is 18.8. The first-order valence-electron chi connectivity index (χ1n) is 12.5. The SMILES string of the molecule is CCCNC(=O)Nc1ccc(-c2c3nc4c(cnn4c2N)C(=O)NCC(C)Oc2ncc(F)cc2CN3)cc1. The molecule has 2 bridgehead atoms. The van der Waals surface area contributed by atoms with Crippen molar-refractivity contribution in [2.24, 2.45) is 0 Å². The van der Waals surface area contributed by atoms with Gasteiger partial charge in [0, 0.05) is 24.3 Å². The third-order valence-corrected chi connectivity index (χ3v) is 6.10. The van der Waals surface area contributed by atoms with Crippen LogP contribution in [0, 0.1) is 5.82 Å². The van der Waals surface area contributed by atoms with Gasteiger partial charge in [0.2, 0.25) is 5.88 Å². The number of benzene rings is 1. The van der Waals surface area contributed by atoms with E-state index in [2.05, 4.69) is 31.3 Å². The first kappa shape index (κ1) is 25.7. The Morgan fingerprint density at radius 2 is 2.05 bits per heavy atom. The number of pyridine rings is 1. The number of nitrogens with two attached hydrogens (primary N) is 1. The average Bonchev–Trinajstić information content (AvgIpc) is 3.35. The van der Waals surface area contributed by atoms with Crippen molar-refractivity contribution in [3.8, 4) is 17.0 Å². The zero-order chi connectivity index (χ0) is 27.5. The van der Waals surface area contributed by atoms with Gasteiger partial charge in [0.1, 0.15) is 29.1 Å². The molecule has 0 saturated heterocycles. The van der Waals surface area contributed by atoms with Gasteiger partial charge in [-0.15, -0.1) is 0 Å². The quantitative estimate of drug-likeness (QED) is 0.267. The Bertz CT molecular complexity index is 1540. The van der Waals surface area contributed by atoms with E-state index in [1.165, 1.54) is 16.8 Å². The maximum absolute atomic E-state index is 14.1. The Labute approximate surface area is 223 Å². The summed E-state index contributed by atoms with van der Waals surface area (Å²) in [4.78, 5) is 33.8. The third kappa shape index (κ3) is 5.37. The molecule has 12 nitrogen and oxygen atoms in total. The van der Waals surface area contributed by atoms with Crippen molar-refractivity contribution in [2.45, 2.75) is 32.9 Å². The number of halogens is 1. The highest BCUT2D eigenvalue weighted by atomic mass is 19.1. The average molecular weight is 534 g/mol. The Hall–Kier alpha value is -4.94. The molecule has 1 aliphatic rings. The van der Waals surface area contributed by atoms with Gasteiger partial charge in [-0.1, -0.05) is 19.1 Å². The van der Waals surface area contributed by atoms with Crippen molar-refractivity contribution < 1.29 is 18.7 Å². The first-order valence-corrected chi connectivity index (χ1v) is 12.5. The summed E-state index contributed by atoms with van der Waals surface area (Å²) >= 11 is 0. The second-order valence-corrected chi connectivity index (χ2v) is 9.08. The Kier molecular flexibility index (Phi) is 7.12. The molecule has 202 valence electrons. The van der Waals surface area contributed by atoms with Crippen LogP contribution in [0.1, 0.15) is 36.2 Å². The van der Waals surface area contributed by atoms with E-state index >= 15 is 0 Å². The van der Waals surface area contributed by atoms with Gasteiger partial charge in [0.15, 0.2) is 5.65 Å². The molecule has 1 unspecified atom stereocenters. The molecule has 5 rings (SSSR count). The summed E-state index contributed by atoms with van der Waals surface area (Å²) in [6.07, 6.45) is 2.86. The highest BCUT2D eigenvalue weighted by Gasteiger charge is 2.23. The van der Waals surface area contributed by atoms with Crippen LogP contribution in [0.5, 0.6) is 5.88 Å². The minimum atomic E-state index is -0.517. The summed E-state index contributed by atoms with van der Waals surface area (Å²) in [7, 11) is 0. The van der Waals surface area contributed by atoms with E-state index in [0.717, 1.165) is 12.6 Å². The molecule has 13 heteroatoms. The van der Waals surface area contributed by atoms with E-state index in [0.29, 0.717) is 34.7 Å². The number of fused-ring (bicyclic) bond motifs is 2. The summed E-state index contributed by atoms with van der Waals surface area (Å²) in [5.41, 5.74) is 9.32. The zero-order valence-electron chi connectivity index (χ0n) is 21.4. The molecule has 1 aliphatic heterocycles. The molecule has 0 saturated carbocycles. The highest BCUT2D eigenvalue weighted by molar-refractivity contribution is 6.01. The Morgan fingerprint density at radius 3 is 2.82 bits per heavy atom. The fourth-order valence-corrected chi connectivity index (χ4v) is 4.17. The monoisotopic (exact) mass is 533 g/mol. The molecule has 0 radical (unpaired) electrons. The van der Waals surface area contributed by atoms with Crippen molar-refractivity contribution in [1.82, 2.24) is 30.2 Å². The van der Waals surface area contributed by atoms with E-state index < -0.39 is 17.8 Å². The number of hydrogen-bond donors (Lipinski definition) is 5. The van der Waals surface area contributed by atoms with Crippen LogP contribution >= 0.6 is 0 Å². The number of aromatic nitrogens is 4. The summed E-state index contributed by atoms with van der Waals surface area (Å²) < 4.78 is 21.4. The van der Waals surface area contributed by atoms with Crippen molar-refractivity contribution in [2.75, 3.05) is 29.5 Å². The summed E-state index contributed by atoms with van der Waals surface area (Å²) in [5, 5.41) is 15.9. The predicted molar refractivity (Wildman–Crippen MR) is 144 cm³/mol. The van der Waals surface area contributed by atoms with E-state index in [1.54, 1.807) is 31.2 Å². The number of carbonyl (C=O) groups excluding carboxylic acids is 2. The number of carbonyl (C=O) groups is 2. The molecule has 3 aromatic heterocycles. The van der Waals surface area contributed by atoms with Gasteiger partial charge in [-0.3, -0.25) is 4.79 Å². The number of hydrogen-bond acceptors (Lipinski definition) is 8. The van der Waals surface area contributed by atoms with Gasteiger partial charge >= 0.3 is 6.03 Å². The van der Waals surface area contributed by atoms with Crippen molar-refractivity contribution >= 4 is 34.9 Å². The number of amides is 3. The van der Waals surface area contributed by atoms with Crippen LogP contribution in [0.3, 0.4) is 0 Å². The van der Waals surface area contributed by atoms with Crippen LogP contribution in [-0.4, -0.2) is 50.7 Å². The van der Waals surface area contributed by atoms with Gasteiger partial charge in [-0.25, -0.2) is 19.2 Å². The minimum Gasteiger partial charge on any atom is -0.473 e. The van der Waals surface area contributed by atoms with Crippen LogP contribution in [0.4, 0.5) is 26.5 Å². The van der Waals surface area contributed by atoms with E-state index in [9.17, 15) is 14.0 Å². The second-order valence-electron chi connectivity index (χ2n) is 9.08. The van der Waals surface area contributed by atoms with E-state index in [-0.39, 0.29) is 42.0 Å². The number of rotatable bonds is 4. The molecule has 1 atom stereocenters. The van der Waals surface area contributed by atoms with Crippen LogP contribution in [0.25, 0.3) is 16.8 Å².